The third-order valence-corrected chi connectivity index (χ3v) is 4.23. The van der Waals surface area contributed by atoms with Gasteiger partial charge in [0, 0.05) is 13.1 Å². The van der Waals surface area contributed by atoms with E-state index in [2.05, 4.69) is 0 Å². The molecule has 5 nitrogen and oxygen atoms in total. The van der Waals surface area contributed by atoms with Crippen LogP contribution in [0.25, 0.3) is 0 Å². The number of piperidine rings is 1. The van der Waals surface area contributed by atoms with Crippen LogP contribution >= 0.6 is 0 Å². The van der Waals surface area contributed by atoms with E-state index in [0.717, 1.165) is 24.2 Å². The molecule has 0 radical (unpaired) electrons. The van der Waals surface area contributed by atoms with Crippen LogP contribution in [0.1, 0.15) is 32.3 Å². The molecule has 0 aromatic heterocycles. The van der Waals surface area contributed by atoms with Crippen molar-refractivity contribution in [2.45, 2.75) is 33.1 Å². The highest BCUT2D eigenvalue weighted by molar-refractivity contribution is 5.83. The first-order valence-electron chi connectivity index (χ1n) is 7.74. The topological polar surface area (TPSA) is 72.6 Å². The first-order valence-corrected chi connectivity index (χ1v) is 7.74. The highest BCUT2D eigenvalue weighted by atomic mass is 16.5. The average Bonchev–Trinajstić information content (AvgIpc) is 2.49. The first-order chi connectivity index (χ1) is 10.4. The number of rotatable bonds is 5. The molecule has 1 heterocycles. The van der Waals surface area contributed by atoms with Crippen LogP contribution in [0.15, 0.2) is 24.3 Å². The van der Waals surface area contributed by atoms with Gasteiger partial charge in [0.1, 0.15) is 5.75 Å². The molecule has 1 aromatic carbocycles. The van der Waals surface area contributed by atoms with Crippen molar-refractivity contribution in [1.29, 1.82) is 0 Å². The molecule has 2 N–H and O–H groups in total. The summed E-state index contributed by atoms with van der Waals surface area (Å²) >= 11 is 0. The van der Waals surface area contributed by atoms with Gasteiger partial charge >= 0.3 is 0 Å². The first kappa shape index (κ1) is 16.3. The van der Waals surface area contributed by atoms with Gasteiger partial charge in [0.05, 0.1) is 18.4 Å². The summed E-state index contributed by atoms with van der Waals surface area (Å²) in [7, 11) is 0. The van der Waals surface area contributed by atoms with E-state index in [0.29, 0.717) is 26.1 Å². The Kier molecular flexibility index (Phi) is 5.06. The number of likely N-dealkylation sites (tertiary alicyclic amines) is 1. The van der Waals surface area contributed by atoms with Gasteiger partial charge in [-0.25, -0.2) is 0 Å². The smallest absolute Gasteiger partial charge is 0.227 e. The van der Waals surface area contributed by atoms with Gasteiger partial charge in [0.2, 0.25) is 11.8 Å². The van der Waals surface area contributed by atoms with Gasteiger partial charge in [0.15, 0.2) is 0 Å². The van der Waals surface area contributed by atoms with E-state index in [9.17, 15) is 9.59 Å². The summed E-state index contributed by atoms with van der Waals surface area (Å²) in [6.07, 6.45) is 1.89. The lowest BCUT2D eigenvalue weighted by Crippen LogP contribution is -2.50. The maximum atomic E-state index is 12.4. The number of nitrogens with zero attached hydrogens (tertiary/aromatic N) is 1. The summed E-state index contributed by atoms with van der Waals surface area (Å²) < 4.78 is 5.39. The van der Waals surface area contributed by atoms with Crippen LogP contribution in [0.2, 0.25) is 0 Å². The van der Waals surface area contributed by atoms with Crippen molar-refractivity contribution in [1.82, 2.24) is 4.90 Å². The summed E-state index contributed by atoms with van der Waals surface area (Å²) in [6, 6.07) is 7.55. The third-order valence-electron chi connectivity index (χ3n) is 4.23. The number of carbonyl (C=O) groups excluding carboxylic acids is 2. The van der Waals surface area contributed by atoms with Gasteiger partial charge in [-0.3, -0.25) is 9.59 Å². The van der Waals surface area contributed by atoms with Crippen molar-refractivity contribution in [2.24, 2.45) is 11.1 Å². The maximum absolute atomic E-state index is 12.4. The van der Waals surface area contributed by atoms with Crippen LogP contribution in [0.4, 0.5) is 0 Å². The Labute approximate surface area is 131 Å². The highest BCUT2D eigenvalue weighted by Crippen LogP contribution is 2.29. The SMILES string of the molecule is CCOc1ccc(CC(=O)N2CCCC(C)(C(N)=O)C2)cc1. The Balaban J connectivity index is 1.98. The minimum atomic E-state index is -0.604. The molecule has 1 aliphatic rings. The van der Waals surface area contributed by atoms with Crippen molar-refractivity contribution < 1.29 is 14.3 Å². The van der Waals surface area contributed by atoms with Crippen LogP contribution < -0.4 is 10.5 Å². The lowest BCUT2D eigenvalue weighted by molar-refractivity contribution is -0.138. The van der Waals surface area contributed by atoms with Crippen LogP contribution in [-0.2, 0) is 16.0 Å². The van der Waals surface area contributed by atoms with E-state index in [-0.39, 0.29) is 11.8 Å². The monoisotopic (exact) mass is 304 g/mol. The van der Waals surface area contributed by atoms with Crippen LogP contribution in [0, 0.1) is 5.41 Å². The molecule has 1 aromatic rings. The fraction of sp³-hybridized carbons (Fsp3) is 0.529. The van der Waals surface area contributed by atoms with E-state index >= 15 is 0 Å². The second-order valence-electron chi connectivity index (χ2n) is 6.10. The highest BCUT2D eigenvalue weighted by Gasteiger charge is 2.37. The number of benzene rings is 1. The second kappa shape index (κ2) is 6.81. The predicted octanol–water partition coefficient (Wildman–Crippen LogP) is 1.74. The summed E-state index contributed by atoms with van der Waals surface area (Å²) in [5, 5.41) is 0. The quantitative estimate of drug-likeness (QED) is 0.900. The van der Waals surface area contributed by atoms with Crippen molar-refractivity contribution >= 4 is 11.8 Å². The Morgan fingerprint density at radius 2 is 2.00 bits per heavy atom. The van der Waals surface area contributed by atoms with E-state index in [1.165, 1.54) is 0 Å². The van der Waals surface area contributed by atoms with Gasteiger partial charge in [-0.05, 0) is 44.4 Å². The van der Waals surface area contributed by atoms with Crippen LogP contribution in [-0.4, -0.2) is 36.4 Å². The number of hydrogen-bond acceptors (Lipinski definition) is 3. The minimum absolute atomic E-state index is 0.0383. The van der Waals surface area contributed by atoms with Crippen molar-refractivity contribution in [3.8, 4) is 5.75 Å². The zero-order valence-electron chi connectivity index (χ0n) is 13.3. The summed E-state index contributed by atoms with van der Waals surface area (Å²) in [5.41, 5.74) is 5.81. The van der Waals surface area contributed by atoms with Gasteiger partial charge in [-0.1, -0.05) is 12.1 Å². The minimum Gasteiger partial charge on any atom is -0.494 e. The summed E-state index contributed by atoms with van der Waals surface area (Å²) in [5.74, 6) is 0.514. The fourth-order valence-electron chi connectivity index (χ4n) is 2.81. The molecule has 1 fully saturated rings. The molecule has 2 amide bonds. The molecule has 0 saturated carbocycles. The summed E-state index contributed by atoms with van der Waals surface area (Å²) in [6.45, 7) is 5.50. The van der Waals surface area contributed by atoms with Crippen molar-refractivity contribution in [2.75, 3.05) is 19.7 Å². The van der Waals surface area contributed by atoms with Crippen molar-refractivity contribution in [3.05, 3.63) is 29.8 Å². The Hall–Kier alpha value is -2.04. The average molecular weight is 304 g/mol. The molecule has 1 atom stereocenters. The number of amides is 2. The molecule has 1 aliphatic heterocycles. The zero-order valence-corrected chi connectivity index (χ0v) is 13.3. The van der Waals surface area contributed by atoms with E-state index < -0.39 is 5.41 Å². The third kappa shape index (κ3) is 3.78. The number of hydrogen-bond donors (Lipinski definition) is 1. The second-order valence-corrected chi connectivity index (χ2v) is 6.10. The summed E-state index contributed by atoms with van der Waals surface area (Å²) in [4.78, 5) is 25.8. The Morgan fingerprint density at radius 3 is 2.59 bits per heavy atom. The lowest BCUT2D eigenvalue weighted by Gasteiger charge is -2.38. The maximum Gasteiger partial charge on any atom is 0.227 e. The Morgan fingerprint density at radius 1 is 1.32 bits per heavy atom. The van der Waals surface area contributed by atoms with E-state index in [4.69, 9.17) is 10.5 Å². The molecular formula is C17H24N2O3. The largest absolute Gasteiger partial charge is 0.494 e. The van der Waals surface area contributed by atoms with Crippen LogP contribution in [0.3, 0.4) is 0 Å². The molecule has 2 rings (SSSR count). The van der Waals surface area contributed by atoms with Crippen LogP contribution in [0.5, 0.6) is 5.75 Å². The van der Waals surface area contributed by atoms with Gasteiger partial charge in [0.25, 0.3) is 0 Å². The van der Waals surface area contributed by atoms with Crippen molar-refractivity contribution in [3.63, 3.8) is 0 Å². The lowest BCUT2D eigenvalue weighted by atomic mass is 9.81. The number of carbonyl (C=O) groups is 2. The molecule has 22 heavy (non-hydrogen) atoms. The molecule has 5 heteroatoms. The van der Waals surface area contributed by atoms with E-state index in [1.807, 2.05) is 38.1 Å². The number of nitrogens with two attached hydrogens (primary N) is 1. The molecular weight excluding hydrogens is 280 g/mol. The molecule has 120 valence electrons. The standard InChI is InChI=1S/C17H24N2O3/c1-3-22-14-7-5-13(6-8-14)11-15(20)19-10-4-9-17(2,12-19)16(18)21/h5-8H,3-4,9-12H2,1-2H3,(H2,18,21). The van der Waals surface area contributed by atoms with Gasteiger partial charge < -0.3 is 15.4 Å². The molecule has 1 saturated heterocycles. The van der Waals surface area contributed by atoms with Gasteiger partial charge in [-0.15, -0.1) is 0 Å². The van der Waals surface area contributed by atoms with E-state index in [1.54, 1.807) is 4.90 Å². The molecule has 1 unspecified atom stereocenters. The number of ether oxygens (including phenoxy) is 1. The zero-order chi connectivity index (χ0) is 16.2. The molecule has 0 aliphatic carbocycles. The normalized spacial score (nSPS) is 21.5. The number of primary amides is 1. The Bertz CT molecular complexity index is 541. The fourth-order valence-corrected chi connectivity index (χ4v) is 2.81. The molecule has 0 spiro atoms. The van der Waals surface area contributed by atoms with Gasteiger partial charge in [-0.2, -0.15) is 0 Å². The molecule has 0 bridgehead atoms. The predicted molar refractivity (Wildman–Crippen MR) is 84.4 cm³/mol.